The average molecular weight is 208 g/mol. The lowest BCUT2D eigenvalue weighted by Gasteiger charge is -2.32. The van der Waals surface area contributed by atoms with Gasteiger partial charge in [0.15, 0.2) is 5.69 Å². The zero-order chi connectivity index (χ0) is 10.8. The summed E-state index contributed by atoms with van der Waals surface area (Å²) in [7, 11) is 0. The zero-order valence-corrected chi connectivity index (χ0v) is 8.05. The van der Waals surface area contributed by atoms with Gasteiger partial charge in [0, 0.05) is 6.04 Å². The van der Waals surface area contributed by atoms with Gasteiger partial charge < -0.3 is 15.5 Å². The summed E-state index contributed by atoms with van der Waals surface area (Å²) in [5, 5.41) is 20.9. The van der Waals surface area contributed by atoms with E-state index in [9.17, 15) is 4.79 Å². The van der Waals surface area contributed by atoms with Crippen LogP contribution in [0.3, 0.4) is 0 Å². The molecule has 1 aliphatic carbocycles. The van der Waals surface area contributed by atoms with Crippen molar-refractivity contribution in [2.75, 3.05) is 5.32 Å². The van der Waals surface area contributed by atoms with Crippen LogP contribution in [0.25, 0.3) is 0 Å². The Labute approximate surface area is 86.8 Å². The largest absolute Gasteiger partial charge is 0.477 e. The second-order valence-electron chi connectivity index (χ2n) is 3.68. The number of aromatic carboxylic acids is 1. The van der Waals surface area contributed by atoms with Gasteiger partial charge in [0.25, 0.3) is 0 Å². The number of nitrogens with zero attached hydrogens (tertiary/aromatic N) is 1. The van der Waals surface area contributed by atoms with E-state index in [-0.39, 0.29) is 17.8 Å². The monoisotopic (exact) mass is 208 g/mol. The fraction of sp³-hybridized carbons (Fsp3) is 0.400. The molecule has 0 unspecified atom stereocenters. The molecule has 1 aromatic rings. The van der Waals surface area contributed by atoms with Crippen molar-refractivity contribution in [2.45, 2.75) is 25.0 Å². The number of hydrogen-bond donors (Lipinski definition) is 3. The number of nitrogens with one attached hydrogen (secondary N) is 1. The quantitative estimate of drug-likeness (QED) is 0.681. The molecule has 1 fully saturated rings. The van der Waals surface area contributed by atoms with E-state index in [1.807, 2.05) is 0 Å². The summed E-state index contributed by atoms with van der Waals surface area (Å²) >= 11 is 0. The first-order valence-electron chi connectivity index (χ1n) is 4.80. The number of rotatable bonds is 3. The molecule has 5 nitrogen and oxygen atoms in total. The van der Waals surface area contributed by atoms with Crippen molar-refractivity contribution in [2.24, 2.45) is 0 Å². The summed E-state index contributed by atoms with van der Waals surface area (Å²) < 4.78 is 0. The second-order valence-corrected chi connectivity index (χ2v) is 3.68. The molecule has 0 spiro atoms. The van der Waals surface area contributed by atoms with Gasteiger partial charge in [0.05, 0.1) is 6.10 Å². The molecule has 5 heteroatoms. The molecule has 0 saturated heterocycles. The van der Waals surface area contributed by atoms with E-state index in [2.05, 4.69) is 10.3 Å². The Kier molecular flexibility index (Phi) is 2.55. The number of carboxylic acid groups (broad SMARTS) is 1. The number of carbonyl (C=O) groups is 1. The third kappa shape index (κ3) is 2.24. The number of carboxylic acids is 1. The van der Waals surface area contributed by atoms with E-state index in [4.69, 9.17) is 10.2 Å². The third-order valence-corrected chi connectivity index (χ3v) is 2.43. The third-order valence-electron chi connectivity index (χ3n) is 2.43. The molecular weight excluding hydrogens is 196 g/mol. The van der Waals surface area contributed by atoms with Crippen LogP contribution in [0.1, 0.15) is 23.3 Å². The minimum Gasteiger partial charge on any atom is -0.477 e. The highest BCUT2D eigenvalue weighted by Gasteiger charge is 2.27. The smallest absolute Gasteiger partial charge is 0.354 e. The maximum atomic E-state index is 10.6. The zero-order valence-electron chi connectivity index (χ0n) is 8.05. The molecule has 0 aliphatic heterocycles. The highest BCUT2D eigenvalue weighted by Crippen LogP contribution is 2.23. The van der Waals surface area contributed by atoms with E-state index in [0.717, 1.165) is 0 Å². The van der Waals surface area contributed by atoms with Crippen molar-refractivity contribution < 1.29 is 15.0 Å². The van der Waals surface area contributed by atoms with E-state index in [1.54, 1.807) is 12.1 Å². The van der Waals surface area contributed by atoms with Crippen molar-refractivity contribution in [3.63, 3.8) is 0 Å². The van der Waals surface area contributed by atoms with Crippen LogP contribution in [-0.4, -0.2) is 33.3 Å². The molecule has 0 bridgehead atoms. The Balaban J connectivity index is 2.02. The number of pyridine rings is 1. The van der Waals surface area contributed by atoms with Crippen LogP contribution in [0.4, 0.5) is 5.82 Å². The van der Waals surface area contributed by atoms with Gasteiger partial charge in [-0.1, -0.05) is 6.07 Å². The van der Waals surface area contributed by atoms with Gasteiger partial charge in [-0.15, -0.1) is 0 Å². The summed E-state index contributed by atoms with van der Waals surface area (Å²) in [6.45, 7) is 0. The fourth-order valence-corrected chi connectivity index (χ4v) is 1.55. The van der Waals surface area contributed by atoms with Crippen molar-refractivity contribution in [1.82, 2.24) is 4.98 Å². The molecular formula is C10H12N2O3. The van der Waals surface area contributed by atoms with Gasteiger partial charge in [-0.3, -0.25) is 0 Å². The molecule has 15 heavy (non-hydrogen) atoms. The highest BCUT2D eigenvalue weighted by molar-refractivity contribution is 5.85. The second kappa shape index (κ2) is 3.86. The molecule has 1 saturated carbocycles. The van der Waals surface area contributed by atoms with Crippen molar-refractivity contribution in [1.29, 1.82) is 0 Å². The number of anilines is 1. The van der Waals surface area contributed by atoms with E-state index in [1.165, 1.54) is 6.07 Å². The Bertz CT molecular complexity index is 375. The summed E-state index contributed by atoms with van der Waals surface area (Å²) in [4.78, 5) is 14.6. The Hall–Kier alpha value is -1.62. The summed E-state index contributed by atoms with van der Waals surface area (Å²) in [6, 6.07) is 5.02. The number of aromatic nitrogens is 1. The lowest BCUT2D eigenvalue weighted by Crippen LogP contribution is -2.39. The van der Waals surface area contributed by atoms with Crippen LogP contribution < -0.4 is 5.32 Å². The van der Waals surface area contributed by atoms with Crippen molar-refractivity contribution >= 4 is 11.8 Å². The molecule has 1 heterocycles. The predicted octanol–water partition coefficient (Wildman–Crippen LogP) is 0.715. The molecule has 80 valence electrons. The molecule has 0 atom stereocenters. The van der Waals surface area contributed by atoms with E-state index in [0.29, 0.717) is 18.7 Å². The van der Waals surface area contributed by atoms with Crippen molar-refractivity contribution in [3.8, 4) is 0 Å². The molecule has 0 amide bonds. The van der Waals surface area contributed by atoms with Crippen LogP contribution in [0.5, 0.6) is 0 Å². The molecule has 3 N–H and O–H groups in total. The van der Waals surface area contributed by atoms with Crippen LogP contribution >= 0.6 is 0 Å². The first kappa shape index (κ1) is 9.92. The van der Waals surface area contributed by atoms with Gasteiger partial charge in [-0.05, 0) is 25.0 Å². The maximum absolute atomic E-state index is 10.6. The van der Waals surface area contributed by atoms with Gasteiger partial charge in [0.1, 0.15) is 5.82 Å². The summed E-state index contributed by atoms with van der Waals surface area (Å²) in [5.74, 6) is -0.487. The molecule has 2 rings (SSSR count). The summed E-state index contributed by atoms with van der Waals surface area (Å²) in [6.07, 6.45) is 1.16. The molecule has 1 aromatic heterocycles. The normalized spacial score (nSPS) is 24.3. The van der Waals surface area contributed by atoms with Gasteiger partial charge in [-0.25, -0.2) is 9.78 Å². The SMILES string of the molecule is O=C(O)c1cccc(NC2CC(O)C2)n1. The lowest BCUT2D eigenvalue weighted by atomic mass is 9.89. The maximum Gasteiger partial charge on any atom is 0.354 e. The fourth-order valence-electron chi connectivity index (χ4n) is 1.55. The minimum absolute atomic E-state index is 0.0277. The molecule has 0 radical (unpaired) electrons. The molecule has 0 aromatic carbocycles. The topological polar surface area (TPSA) is 82.5 Å². The highest BCUT2D eigenvalue weighted by atomic mass is 16.4. The van der Waals surface area contributed by atoms with Crippen LogP contribution in [0.15, 0.2) is 18.2 Å². The van der Waals surface area contributed by atoms with E-state index < -0.39 is 5.97 Å². The Morgan fingerprint density at radius 3 is 2.80 bits per heavy atom. The number of hydrogen-bond acceptors (Lipinski definition) is 4. The first-order chi connectivity index (χ1) is 7.15. The average Bonchev–Trinajstić information content (AvgIpc) is 2.16. The first-order valence-corrected chi connectivity index (χ1v) is 4.80. The Morgan fingerprint density at radius 2 is 2.20 bits per heavy atom. The Morgan fingerprint density at radius 1 is 1.47 bits per heavy atom. The lowest BCUT2D eigenvalue weighted by molar-refractivity contribution is 0.0689. The number of aliphatic hydroxyl groups excluding tert-OH is 1. The summed E-state index contributed by atoms with van der Waals surface area (Å²) in [5.41, 5.74) is 0.0277. The van der Waals surface area contributed by atoms with Gasteiger partial charge >= 0.3 is 5.97 Å². The predicted molar refractivity (Wildman–Crippen MR) is 53.8 cm³/mol. The van der Waals surface area contributed by atoms with Gasteiger partial charge in [0.2, 0.25) is 0 Å². The van der Waals surface area contributed by atoms with E-state index >= 15 is 0 Å². The van der Waals surface area contributed by atoms with Gasteiger partial charge in [-0.2, -0.15) is 0 Å². The van der Waals surface area contributed by atoms with Crippen LogP contribution in [-0.2, 0) is 0 Å². The minimum atomic E-state index is -1.03. The van der Waals surface area contributed by atoms with Crippen LogP contribution in [0.2, 0.25) is 0 Å². The van der Waals surface area contributed by atoms with Crippen molar-refractivity contribution in [3.05, 3.63) is 23.9 Å². The molecule has 1 aliphatic rings. The number of aliphatic hydroxyl groups is 1. The standard InChI is InChI=1S/C10H12N2O3/c13-7-4-6(5-7)11-9-3-1-2-8(12-9)10(14)15/h1-3,6-7,13H,4-5H2,(H,11,12)(H,14,15). The van der Waals surface area contributed by atoms with Crippen LogP contribution in [0, 0.1) is 0 Å².